The van der Waals surface area contributed by atoms with Gasteiger partial charge in [0, 0.05) is 11.4 Å². The van der Waals surface area contributed by atoms with Gasteiger partial charge in [-0.25, -0.2) is 0 Å². The van der Waals surface area contributed by atoms with Crippen molar-refractivity contribution in [2.24, 2.45) is 0 Å². The van der Waals surface area contributed by atoms with Crippen LogP contribution in [0.5, 0.6) is 5.75 Å². The van der Waals surface area contributed by atoms with E-state index in [9.17, 15) is 9.90 Å². The van der Waals surface area contributed by atoms with E-state index in [1.807, 2.05) is 18.2 Å². The number of carbonyl (C=O) groups is 1. The van der Waals surface area contributed by atoms with Crippen LogP contribution in [0.15, 0.2) is 42.5 Å². The fourth-order valence-corrected chi connectivity index (χ4v) is 3.26. The molecule has 0 spiro atoms. The molecule has 0 bridgehead atoms. The third kappa shape index (κ3) is 4.45. The number of benzene rings is 2. The highest BCUT2D eigenvalue weighted by atomic mass is 35.5. The van der Waals surface area contributed by atoms with Crippen molar-refractivity contribution in [3.63, 3.8) is 0 Å². The highest BCUT2D eigenvalue weighted by Gasteiger charge is 2.22. The molecule has 2 aromatic rings. The average Bonchev–Trinajstić information content (AvgIpc) is 2.63. The summed E-state index contributed by atoms with van der Waals surface area (Å²) in [6.45, 7) is 3.83. The molecule has 0 aliphatic carbocycles. The van der Waals surface area contributed by atoms with E-state index in [2.05, 4.69) is 10.2 Å². The lowest BCUT2D eigenvalue weighted by Crippen LogP contribution is -3.15. The average molecular weight is 372 g/mol. The Bertz CT molecular complexity index is 824. The third-order valence-corrected chi connectivity index (χ3v) is 4.78. The summed E-state index contributed by atoms with van der Waals surface area (Å²) >= 11 is 5.99. The lowest BCUT2D eigenvalue weighted by molar-refractivity contribution is -0.892. The fraction of sp³-hybridized carbons (Fsp3) is 0.263. The number of rotatable bonds is 4. The Morgan fingerprint density at radius 1 is 1.23 bits per heavy atom. The summed E-state index contributed by atoms with van der Waals surface area (Å²) in [6.07, 6.45) is 0. The van der Waals surface area contributed by atoms with Gasteiger partial charge in [-0.05, 0) is 42.5 Å². The zero-order valence-corrected chi connectivity index (χ0v) is 15.0. The van der Waals surface area contributed by atoms with E-state index in [1.165, 1.54) is 4.90 Å². The number of piperazine rings is 1. The Balaban J connectivity index is 1.49. The maximum atomic E-state index is 12.3. The van der Waals surface area contributed by atoms with Crippen LogP contribution < -0.4 is 15.1 Å². The monoisotopic (exact) mass is 371 g/mol. The number of hydrogen-bond donors (Lipinski definition) is 3. The van der Waals surface area contributed by atoms with Gasteiger partial charge >= 0.3 is 0 Å². The van der Waals surface area contributed by atoms with Gasteiger partial charge in [0.25, 0.3) is 5.91 Å². The van der Waals surface area contributed by atoms with Crippen molar-refractivity contribution < 1.29 is 14.8 Å². The molecule has 1 aliphatic rings. The molecule has 1 aliphatic heterocycles. The number of anilines is 2. The summed E-state index contributed by atoms with van der Waals surface area (Å²) in [5.74, 6) is 0.191. The van der Waals surface area contributed by atoms with E-state index in [0.717, 1.165) is 31.9 Å². The second-order valence-electron chi connectivity index (χ2n) is 6.28. The summed E-state index contributed by atoms with van der Waals surface area (Å²) < 4.78 is 0. The Hall–Kier alpha value is -2.75. The molecule has 0 atom stereocenters. The topological polar surface area (TPSA) is 80.8 Å². The van der Waals surface area contributed by atoms with Crippen molar-refractivity contribution in [2.75, 3.05) is 42.9 Å². The molecule has 1 heterocycles. The highest BCUT2D eigenvalue weighted by Crippen LogP contribution is 2.20. The molecule has 7 heteroatoms. The molecule has 1 fully saturated rings. The van der Waals surface area contributed by atoms with Gasteiger partial charge in [0.1, 0.15) is 11.8 Å². The maximum absolute atomic E-state index is 12.3. The van der Waals surface area contributed by atoms with Crippen molar-refractivity contribution in [3.8, 4) is 11.8 Å². The Labute approximate surface area is 157 Å². The number of nitrogens with one attached hydrogen (secondary N) is 2. The van der Waals surface area contributed by atoms with Crippen molar-refractivity contribution >= 4 is 28.9 Å². The molecule has 0 unspecified atom stereocenters. The third-order valence-electron chi connectivity index (χ3n) is 4.47. The molecule has 6 nitrogen and oxygen atoms in total. The quantitative estimate of drug-likeness (QED) is 0.756. The van der Waals surface area contributed by atoms with E-state index in [0.29, 0.717) is 22.8 Å². The molecular weight excluding hydrogens is 352 g/mol. The van der Waals surface area contributed by atoms with E-state index < -0.39 is 0 Å². The molecule has 1 saturated heterocycles. The van der Waals surface area contributed by atoms with Crippen LogP contribution in [0.1, 0.15) is 5.56 Å². The predicted octanol–water partition coefficient (Wildman–Crippen LogP) is 1.26. The standard InChI is InChI=1S/C19H19ClN4O2/c20-18-11-15(2-1-14(18)12-21)22-19(26)13-23-7-9-24(10-8-23)16-3-5-17(25)6-4-16/h1-6,11,25H,7-10,13H2,(H,22,26)/p+1. The number of hydrogen-bond acceptors (Lipinski definition) is 4. The molecule has 0 saturated carbocycles. The number of nitrogens with zero attached hydrogens (tertiary/aromatic N) is 2. The van der Waals surface area contributed by atoms with Crippen molar-refractivity contribution in [2.45, 2.75) is 0 Å². The minimum atomic E-state index is -0.0705. The van der Waals surface area contributed by atoms with Gasteiger partial charge in [0.15, 0.2) is 6.54 Å². The van der Waals surface area contributed by atoms with Crippen LogP contribution in [0.25, 0.3) is 0 Å². The number of amides is 1. The largest absolute Gasteiger partial charge is 0.508 e. The first-order valence-electron chi connectivity index (χ1n) is 8.42. The summed E-state index contributed by atoms with van der Waals surface area (Å²) in [7, 11) is 0. The van der Waals surface area contributed by atoms with Crippen molar-refractivity contribution in [1.29, 1.82) is 5.26 Å². The minimum absolute atomic E-state index is 0.0705. The van der Waals surface area contributed by atoms with Gasteiger partial charge in [-0.3, -0.25) is 4.79 Å². The van der Waals surface area contributed by atoms with Gasteiger partial charge in [0.2, 0.25) is 0 Å². The normalized spacial score (nSPS) is 14.7. The van der Waals surface area contributed by atoms with Gasteiger partial charge in [0.05, 0.1) is 36.8 Å². The summed E-state index contributed by atoms with van der Waals surface area (Å²) in [6, 6.07) is 14.0. The fourth-order valence-electron chi connectivity index (χ4n) is 3.04. The van der Waals surface area contributed by atoms with Crippen LogP contribution in [0.4, 0.5) is 11.4 Å². The van der Waals surface area contributed by atoms with Gasteiger partial charge in [-0.1, -0.05) is 11.6 Å². The summed E-state index contributed by atoms with van der Waals surface area (Å²) in [4.78, 5) is 15.7. The Morgan fingerprint density at radius 2 is 1.92 bits per heavy atom. The molecular formula is C19H20ClN4O2+. The highest BCUT2D eigenvalue weighted by molar-refractivity contribution is 6.32. The van der Waals surface area contributed by atoms with Crippen LogP contribution in [-0.4, -0.2) is 43.7 Å². The number of nitriles is 1. The van der Waals surface area contributed by atoms with Crippen LogP contribution >= 0.6 is 11.6 Å². The summed E-state index contributed by atoms with van der Waals surface area (Å²) in [5, 5.41) is 21.4. The molecule has 1 amide bonds. The first kappa shape index (κ1) is 18.1. The van der Waals surface area contributed by atoms with E-state index in [1.54, 1.807) is 30.3 Å². The second kappa shape index (κ2) is 8.09. The molecule has 3 rings (SSSR count). The number of phenolic OH excluding ortho intramolecular Hbond substituents is 1. The lowest BCUT2D eigenvalue weighted by Gasteiger charge is -2.33. The number of phenols is 1. The van der Waals surface area contributed by atoms with E-state index in [-0.39, 0.29) is 11.7 Å². The van der Waals surface area contributed by atoms with Crippen LogP contribution in [0.2, 0.25) is 5.02 Å². The number of halogens is 1. The van der Waals surface area contributed by atoms with Crippen molar-refractivity contribution in [1.82, 2.24) is 0 Å². The lowest BCUT2D eigenvalue weighted by atomic mass is 10.2. The molecule has 0 aromatic heterocycles. The van der Waals surface area contributed by atoms with Crippen LogP contribution in [0, 0.1) is 11.3 Å². The van der Waals surface area contributed by atoms with Crippen molar-refractivity contribution in [3.05, 3.63) is 53.1 Å². The zero-order valence-electron chi connectivity index (χ0n) is 14.2. The number of quaternary nitrogens is 1. The van der Waals surface area contributed by atoms with Gasteiger partial charge in [-0.2, -0.15) is 5.26 Å². The molecule has 26 heavy (non-hydrogen) atoms. The minimum Gasteiger partial charge on any atom is -0.508 e. The Morgan fingerprint density at radius 3 is 2.54 bits per heavy atom. The van der Waals surface area contributed by atoms with E-state index in [4.69, 9.17) is 16.9 Å². The predicted molar refractivity (Wildman–Crippen MR) is 101 cm³/mol. The smallest absolute Gasteiger partial charge is 0.279 e. The first-order valence-corrected chi connectivity index (χ1v) is 8.80. The first-order chi connectivity index (χ1) is 12.5. The summed E-state index contributed by atoms with van der Waals surface area (Å²) in [5.41, 5.74) is 2.07. The van der Waals surface area contributed by atoms with E-state index >= 15 is 0 Å². The number of carbonyl (C=O) groups excluding carboxylic acids is 1. The second-order valence-corrected chi connectivity index (χ2v) is 6.69. The zero-order chi connectivity index (χ0) is 18.5. The molecule has 134 valence electrons. The number of aromatic hydroxyl groups is 1. The van der Waals surface area contributed by atoms with Crippen LogP contribution in [0.3, 0.4) is 0 Å². The molecule has 3 N–H and O–H groups in total. The van der Waals surface area contributed by atoms with Crippen LogP contribution in [-0.2, 0) is 4.79 Å². The molecule has 0 radical (unpaired) electrons. The Kier molecular flexibility index (Phi) is 5.61. The SMILES string of the molecule is N#Cc1ccc(NC(=O)C[NH+]2CCN(c3ccc(O)cc3)CC2)cc1Cl. The maximum Gasteiger partial charge on any atom is 0.279 e. The van der Waals surface area contributed by atoms with Gasteiger partial charge in [-0.15, -0.1) is 0 Å². The van der Waals surface area contributed by atoms with Gasteiger partial charge < -0.3 is 20.2 Å². The molecule has 2 aromatic carbocycles.